The highest BCUT2D eigenvalue weighted by Crippen LogP contribution is 2.29. The molecule has 0 spiro atoms. The number of hydrogen-bond acceptors (Lipinski definition) is 4. The first-order chi connectivity index (χ1) is 11.5. The lowest BCUT2D eigenvalue weighted by Gasteiger charge is -2.14. The number of hydrogen-bond donors (Lipinski definition) is 1. The van der Waals surface area contributed by atoms with Crippen molar-refractivity contribution in [1.29, 1.82) is 0 Å². The summed E-state index contributed by atoms with van der Waals surface area (Å²) >= 11 is 1.68. The number of fused-ring (bicyclic) bond motifs is 1. The number of carbonyl (C=O) groups is 2. The average molecular weight is 343 g/mol. The van der Waals surface area contributed by atoms with Crippen molar-refractivity contribution in [3.05, 3.63) is 52.5 Å². The molecule has 0 fully saturated rings. The van der Waals surface area contributed by atoms with Crippen LogP contribution in [-0.4, -0.2) is 17.9 Å². The minimum atomic E-state index is -0.267. The molecular formula is C19H21NO3S. The largest absolute Gasteiger partial charge is 0.455 e. The molecule has 2 aromatic rings. The smallest absolute Gasteiger partial charge is 0.287 e. The van der Waals surface area contributed by atoms with Gasteiger partial charge in [0.15, 0.2) is 11.5 Å². The van der Waals surface area contributed by atoms with Crippen LogP contribution in [0.2, 0.25) is 0 Å². The topological polar surface area (TPSA) is 59.3 Å². The van der Waals surface area contributed by atoms with Crippen LogP contribution >= 0.6 is 11.8 Å². The Kier molecular flexibility index (Phi) is 4.81. The fraction of sp³-hybridized carbons (Fsp3) is 0.368. The van der Waals surface area contributed by atoms with Crippen molar-refractivity contribution in [2.75, 3.05) is 6.26 Å². The van der Waals surface area contributed by atoms with E-state index < -0.39 is 0 Å². The van der Waals surface area contributed by atoms with Crippen LogP contribution < -0.4 is 5.32 Å². The summed E-state index contributed by atoms with van der Waals surface area (Å²) in [5.74, 6) is 0.738. The maximum absolute atomic E-state index is 12.6. The molecule has 24 heavy (non-hydrogen) atoms. The van der Waals surface area contributed by atoms with E-state index in [2.05, 4.69) is 5.32 Å². The van der Waals surface area contributed by atoms with Crippen LogP contribution in [0, 0.1) is 6.92 Å². The van der Waals surface area contributed by atoms with Gasteiger partial charge in [-0.2, -0.15) is 0 Å². The predicted octanol–water partition coefficient (Wildman–Crippen LogP) is 4.32. The van der Waals surface area contributed by atoms with E-state index in [1.54, 1.807) is 18.7 Å². The maximum atomic E-state index is 12.6. The summed E-state index contributed by atoms with van der Waals surface area (Å²) in [7, 11) is 0. The Labute approximate surface area is 146 Å². The van der Waals surface area contributed by atoms with Crippen LogP contribution in [0.1, 0.15) is 63.6 Å². The Morgan fingerprint density at radius 1 is 1.25 bits per heavy atom. The number of thioether (sulfide) groups is 1. The van der Waals surface area contributed by atoms with Gasteiger partial charge in [-0.1, -0.05) is 12.1 Å². The second-order valence-electron chi connectivity index (χ2n) is 6.10. The molecule has 3 rings (SSSR count). The molecule has 0 aliphatic heterocycles. The predicted molar refractivity (Wildman–Crippen MR) is 94.8 cm³/mol. The van der Waals surface area contributed by atoms with Gasteiger partial charge in [-0.05, 0) is 44.2 Å². The fourth-order valence-corrected chi connectivity index (χ4v) is 3.51. The highest BCUT2D eigenvalue weighted by molar-refractivity contribution is 7.98. The molecule has 0 unspecified atom stereocenters. The lowest BCUT2D eigenvalue weighted by atomic mass is 9.94. The van der Waals surface area contributed by atoms with E-state index >= 15 is 0 Å². The molecular weight excluding hydrogens is 322 g/mol. The van der Waals surface area contributed by atoms with Crippen molar-refractivity contribution in [3.8, 4) is 0 Å². The molecule has 0 saturated heterocycles. The molecule has 1 aromatic carbocycles. The van der Waals surface area contributed by atoms with Gasteiger partial charge in [0.1, 0.15) is 5.76 Å². The summed E-state index contributed by atoms with van der Waals surface area (Å²) in [6.07, 6.45) is 4.08. The van der Waals surface area contributed by atoms with Gasteiger partial charge in [0.2, 0.25) is 0 Å². The van der Waals surface area contributed by atoms with Crippen LogP contribution in [0.15, 0.2) is 33.6 Å². The van der Waals surface area contributed by atoms with Gasteiger partial charge in [0.05, 0.1) is 11.6 Å². The number of nitrogens with one attached hydrogen (secondary N) is 1. The molecule has 0 bridgehead atoms. The van der Waals surface area contributed by atoms with E-state index in [-0.39, 0.29) is 23.5 Å². The Morgan fingerprint density at radius 2 is 1.96 bits per heavy atom. The molecule has 1 N–H and O–H groups in total. The lowest BCUT2D eigenvalue weighted by molar-refractivity contribution is 0.0906. The zero-order valence-corrected chi connectivity index (χ0v) is 15.0. The molecule has 1 atom stereocenters. The number of benzene rings is 1. The highest BCUT2D eigenvalue weighted by Gasteiger charge is 2.29. The van der Waals surface area contributed by atoms with Crippen molar-refractivity contribution in [3.63, 3.8) is 0 Å². The first kappa shape index (κ1) is 16.8. The molecule has 1 aliphatic carbocycles. The minimum Gasteiger partial charge on any atom is -0.455 e. The van der Waals surface area contributed by atoms with E-state index in [9.17, 15) is 9.59 Å². The molecule has 1 aromatic heterocycles. The Bertz CT molecular complexity index is 777. The Balaban J connectivity index is 1.78. The maximum Gasteiger partial charge on any atom is 0.287 e. The van der Waals surface area contributed by atoms with Crippen LogP contribution in [0.5, 0.6) is 0 Å². The van der Waals surface area contributed by atoms with E-state index in [0.717, 1.165) is 18.4 Å². The number of carbonyl (C=O) groups excluding carboxylic acids is 2. The van der Waals surface area contributed by atoms with Crippen molar-refractivity contribution in [2.24, 2.45) is 0 Å². The summed E-state index contributed by atoms with van der Waals surface area (Å²) in [4.78, 5) is 25.8. The molecule has 5 heteroatoms. The van der Waals surface area contributed by atoms with Crippen molar-refractivity contribution in [1.82, 2.24) is 5.32 Å². The zero-order chi connectivity index (χ0) is 17.3. The Morgan fingerprint density at radius 3 is 2.58 bits per heavy atom. The van der Waals surface area contributed by atoms with E-state index in [0.29, 0.717) is 23.3 Å². The average Bonchev–Trinajstić information content (AvgIpc) is 2.93. The van der Waals surface area contributed by atoms with Gasteiger partial charge in [-0.15, -0.1) is 11.8 Å². The second-order valence-corrected chi connectivity index (χ2v) is 6.98. The molecule has 126 valence electrons. The monoisotopic (exact) mass is 343 g/mol. The van der Waals surface area contributed by atoms with Gasteiger partial charge >= 0.3 is 0 Å². The van der Waals surface area contributed by atoms with Crippen molar-refractivity contribution < 1.29 is 14.0 Å². The SMILES string of the molecule is CSc1ccc([C@@H](C)NC(=O)c2oc3c(c2C)C(=O)CCC3)cc1. The quantitative estimate of drug-likeness (QED) is 0.840. The van der Waals surface area contributed by atoms with E-state index in [1.165, 1.54) is 4.90 Å². The standard InChI is InChI=1S/C19H21NO3S/c1-11-17-15(21)5-4-6-16(17)23-18(11)19(22)20-12(2)13-7-9-14(24-3)10-8-13/h7-10,12H,4-6H2,1-3H3,(H,20,22)/t12-/m1/s1. The summed E-state index contributed by atoms with van der Waals surface area (Å²) in [5.41, 5.74) is 2.31. The van der Waals surface area contributed by atoms with Crippen LogP contribution in [0.3, 0.4) is 0 Å². The molecule has 1 aliphatic rings. The Hall–Kier alpha value is -2.01. The summed E-state index contributed by atoms with van der Waals surface area (Å²) in [5, 5.41) is 2.96. The normalized spacial score (nSPS) is 15.0. The van der Waals surface area contributed by atoms with Crippen LogP contribution in [0.25, 0.3) is 0 Å². The van der Waals surface area contributed by atoms with Crippen LogP contribution in [0.4, 0.5) is 0 Å². The molecule has 1 amide bonds. The van der Waals surface area contributed by atoms with Crippen LogP contribution in [-0.2, 0) is 6.42 Å². The minimum absolute atomic E-state index is 0.0808. The number of aryl methyl sites for hydroxylation is 1. The number of ketones is 1. The number of Topliss-reactive ketones (excluding diaryl/α,β-unsaturated/α-hetero) is 1. The molecule has 4 nitrogen and oxygen atoms in total. The van der Waals surface area contributed by atoms with Crippen molar-refractivity contribution in [2.45, 2.75) is 44.0 Å². The summed E-state index contributed by atoms with van der Waals surface area (Å²) in [6.45, 7) is 3.73. The zero-order valence-electron chi connectivity index (χ0n) is 14.1. The van der Waals surface area contributed by atoms with E-state index in [1.807, 2.05) is 37.4 Å². The van der Waals surface area contributed by atoms with Gasteiger partial charge in [0, 0.05) is 23.3 Å². The first-order valence-electron chi connectivity index (χ1n) is 8.11. The molecule has 0 radical (unpaired) electrons. The lowest BCUT2D eigenvalue weighted by Crippen LogP contribution is -2.26. The van der Waals surface area contributed by atoms with E-state index in [4.69, 9.17) is 4.42 Å². The fourth-order valence-electron chi connectivity index (χ4n) is 3.10. The van der Waals surface area contributed by atoms with Gasteiger partial charge < -0.3 is 9.73 Å². The number of amides is 1. The second kappa shape index (κ2) is 6.85. The summed E-state index contributed by atoms with van der Waals surface area (Å²) in [6, 6.07) is 7.97. The molecule has 0 saturated carbocycles. The third-order valence-electron chi connectivity index (χ3n) is 4.48. The first-order valence-corrected chi connectivity index (χ1v) is 9.34. The third kappa shape index (κ3) is 3.13. The van der Waals surface area contributed by atoms with Crippen molar-refractivity contribution >= 4 is 23.5 Å². The number of rotatable bonds is 4. The van der Waals surface area contributed by atoms with Gasteiger partial charge in [0.25, 0.3) is 5.91 Å². The summed E-state index contributed by atoms with van der Waals surface area (Å²) < 4.78 is 5.71. The molecule has 1 heterocycles. The van der Waals surface area contributed by atoms with Gasteiger partial charge in [-0.25, -0.2) is 0 Å². The number of furan rings is 1. The third-order valence-corrected chi connectivity index (χ3v) is 5.22. The van der Waals surface area contributed by atoms with Gasteiger partial charge in [-0.3, -0.25) is 9.59 Å². The highest BCUT2D eigenvalue weighted by atomic mass is 32.2.